The first kappa shape index (κ1) is 28.6. The van der Waals surface area contributed by atoms with Crippen molar-refractivity contribution >= 4 is 50.1 Å². The summed E-state index contributed by atoms with van der Waals surface area (Å²) in [6, 6.07) is 23.3. The Bertz CT molecular complexity index is 1310. The van der Waals surface area contributed by atoms with Gasteiger partial charge in [0.1, 0.15) is 12.6 Å². The van der Waals surface area contributed by atoms with Gasteiger partial charge >= 0.3 is 0 Å². The van der Waals surface area contributed by atoms with Gasteiger partial charge in [-0.25, -0.2) is 8.42 Å². The maximum atomic E-state index is 13.9. The standard InChI is InChI=1S/C28H32IN3O4S/c1-4-30-28(34)26(18-22-11-6-5-7-12-22)31(19-23-13-9-8-10-21(23)2)27(33)20-32(37(3,35)36)25-16-14-24(29)15-17-25/h5-17,26H,4,18-20H2,1-3H3,(H,30,34)/t26-/m1/s1. The Hall–Kier alpha value is -2.92. The molecule has 0 fully saturated rings. The van der Waals surface area contributed by atoms with Crippen LogP contribution in [0.15, 0.2) is 78.9 Å². The van der Waals surface area contributed by atoms with Crippen LogP contribution in [-0.2, 0) is 32.6 Å². The van der Waals surface area contributed by atoms with Crippen molar-refractivity contribution in [2.45, 2.75) is 32.9 Å². The van der Waals surface area contributed by atoms with Crippen molar-refractivity contribution in [1.82, 2.24) is 10.2 Å². The first-order chi connectivity index (χ1) is 17.6. The van der Waals surface area contributed by atoms with E-state index in [1.165, 1.54) is 4.90 Å². The number of nitrogens with one attached hydrogen (secondary N) is 1. The number of rotatable bonds is 11. The fraction of sp³-hybridized carbons (Fsp3) is 0.286. The summed E-state index contributed by atoms with van der Waals surface area (Å²) in [6.45, 7) is 3.94. The van der Waals surface area contributed by atoms with Crippen LogP contribution in [0.4, 0.5) is 5.69 Å². The minimum Gasteiger partial charge on any atom is -0.355 e. The highest BCUT2D eigenvalue weighted by Gasteiger charge is 2.33. The second-order valence-corrected chi connectivity index (χ2v) is 11.9. The Kier molecular flexibility index (Phi) is 10.1. The van der Waals surface area contributed by atoms with E-state index in [1.807, 2.05) is 68.4 Å². The fourth-order valence-electron chi connectivity index (χ4n) is 4.04. The summed E-state index contributed by atoms with van der Waals surface area (Å²) < 4.78 is 27.6. The molecule has 0 heterocycles. The highest BCUT2D eigenvalue weighted by atomic mass is 127. The number of anilines is 1. The maximum Gasteiger partial charge on any atom is 0.244 e. The van der Waals surface area contributed by atoms with E-state index in [0.717, 1.165) is 30.8 Å². The molecular weight excluding hydrogens is 601 g/mol. The van der Waals surface area contributed by atoms with Crippen LogP contribution in [0.5, 0.6) is 0 Å². The molecule has 3 aromatic rings. The zero-order valence-corrected chi connectivity index (χ0v) is 24.2. The van der Waals surface area contributed by atoms with E-state index in [9.17, 15) is 18.0 Å². The van der Waals surface area contributed by atoms with Crippen LogP contribution >= 0.6 is 22.6 Å². The zero-order chi connectivity index (χ0) is 27.0. The average molecular weight is 634 g/mol. The number of aryl methyl sites for hydroxylation is 1. The number of nitrogens with zero attached hydrogens (tertiary/aromatic N) is 2. The predicted octanol–water partition coefficient (Wildman–Crippen LogP) is 4.14. The molecule has 37 heavy (non-hydrogen) atoms. The molecule has 2 amide bonds. The Labute approximate surface area is 233 Å². The third kappa shape index (κ3) is 8.03. The van der Waals surface area contributed by atoms with Crippen molar-refractivity contribution in [2.24, 2.45) is 0 Å². The summed E-state index contributed by atoms with van der Waals surface area (Å²) >= 11 is 2.14. The van der Waals surface area contributed by atoms with E-state index in [0.29, 0.717) is 18.7 Å². The lowest BCUT2D eigenvalue weighted by atomic mass is 10.0. The number of hydrogen-bond donors (Lipinski definition) is 1. The SMILES string of the molecule is CCNC(=O)[C@@H](Cc1ccccc1)N(Cc1ccccc1C)C(=O)CN(c1ccc(I)cc1)S(C)(=O)=O. The van der Waals surface area contributed by atoms with Crippen LogP contribution in [-0.4, -0.2) is 50.5 Å². The van der Waals surface area contributed by atoms with Crippen LogP contribution in [0.25, 0.3) is 0 Å². The average Bonchev–Trinajstić information content (AvgIpc) is 2.86. The quantitative estimate of drug-likeness (QED) is 0.322. The summed E-state index contributed by atoms with van der Waals surface area (Å²) in [5, 5.41) is 2.86. The number of likely N-dealkylation sites (N-methyl/N-ethyl adjacent to an activating group) is 1. The van der Waals surface area contributed by atoms with E-state index >= 15 is 0 Å². The number of carbonyl (C=O) groups excluding carboxylic acids is 2. The molecule has 1 N–H and O–H groups in total. The largest absolute Gasteiger partial charge is 0.355 e. The summed E-state index contributed by atoms with van der Waals surface area (Å²) in [6.07, 6.45) is 1.38. The second kappa shape index (κ2) is 13.0. The molecule has 196 valence electrons. The molecule has 0 aliphatic rings. The zero-order valence-electron chi connectivity index (χ0n) is 21.2. The van der Waals surface area contributed by atoms with Gasteiger partial charge < -0.3 is 10.2 Å². The Morgan fingerprint density at radius 2 is 1.57 bits per heavy atom. The molecule has 0 radical (unpaired) electrons. The van der Waals surface area contributed by atoms with Crippen LogP contribution in [0.2, 0.25) is 0 Å². The van der Waals surface area contributed by atoms with E-state index in [2.05, 4.69) is 27.9 Å². The molecule has 9 heteroatoms. The van der Waals surface area contributed by atoms with Gasteiger partial charge in [-0.15, -0.1) is 0 Å². The summed E-state index contributed by atoms with van der Waals surface area (Å²) in [5.41, 5.74) is 3.16. The van der Waals surface area contributed by atoms with E-state index in [1.54, 1.807) is 24.3 Å². The highest BCUT2D eigenvalue weighted by Crippen LogP contribution is 2.22. The van der Waals surface area contributed by atoms with Gasteiger partial charge in [0, 0.05) is 23.1 Å². The molecule has 0 aromatic heterocycles. The van der Waals surface area contributed by atoms with Gasteiger partial charge in [-0.1, -0.05) is 54.6 Å². The monoisotopic (exact) mass is 633 g/mol. The Balaban J connectivity index is 2.04. The van der Waals surface area contributed by atoms with E-state index < -0.39 is 28.5 Å². The predicted molar refractivity (Wildman–Crippen MR) is 156 cm³/mol. The van der Waals surface area contributed by atoms with Crippen LogP contribution in [0, 0.1) is 10.5 Å². The Morgan fingerprint density at radius 3 is 2.16 bits per heavy atom. The molecule has 7 nitrogen and oxygen atoms in total. The van der Waals surface area contributed by atoms with Crippen molar-refractivity contribution in [3.8, 4) is 0 Å². The molecule has 0 bridgehead atoms. The van der Waals surface area contributed by atoms with Gasteiger partial charge in [0.15, 0.2) is 0 Å². The third-order valence-electron chi connectivity index (χ3n) is 6.02. The minimum atomic E-state index is -3.77. The number of carbonyl (C=O) groups is 2. The van der Waals surface area contributed by atoms with Gasteiger partial charge in [-0.05, 0) is 77.4 Å². The maximum absolute atomic E-state index is 13.9. The van der Waals surface area contributed by atoms with Gasteiger partial charge in [-0.2, -0.15) is 0 Å². The van der Waals surface area contributed by atoms with E-state index in [4.69, 9.17) is 0 Å². The third-order valence-corrected chi connectivity index (χ3v) is 7.88. The lowest BCUT2D eigenvalue weighted by molar-refractivity contribution is -0.140. The number of benzene rings is 3. The molecule has 0 saturated carbocycles. The van der Waals surface area contributed by atoms with Crippen molar-refractivity contribution in [1.29, 1.82) is 0 Å². The van der Waals surface area contributed by atoms with Gasteiger partial charge in [0.05, 0.1) is 11.9 Å². The smallest absolute Gasteiger partial charge is 0.244 e. The van der Waals surface area contributed by atoms with Crippen molar-refractivity contribution in [2.75, 3.05) is 23.7 Å². The Morgan fingerprint density at radius 1 is 0.946 bits per heavy atom. The molecule has 0 unspecified atom stereocenters. The fourth-order valence-corrected chi connectivity index (χ4v) is 5.25. The first-order valence-corrected chi connectivity index (χ1v) is 14.9. The molecule has 0 aliphatic heterocycles. The molecule has 0 spiro atoms. The minimum absolute atomic E-state index is 0.171. The molecule has 3 aromatic carbocycles. The number of amides is 2. The summed E-state index contributed by atoms with van der Waals surface area (Å²) in [5.74, 6) is -0.743. The van der Waals surface area contributed by atoms with Crippen LogP contribution in [0.3, 0.4) is 0 Å². The normalized spacial score (nSPS) is 12.0. The van der Waals surface area contributed by atoms with Crippen LogP contribution < -0.4 is 9.62 Å². The molecule has 0 saturated heterocycles. The molecule has 1 atom stereocenters. The first-order valence-electron chi connectivity index (χ1n) is 12.0. The van der Waals surface area contributed by atoms with Crippen LogP contribution in [0.1, 0.15) is 23.6 Å². The molecule has 3 rings (SSSR count). The topological polar surface area (TPSA) is 86.8 Å². The van der Waals surface area contributed by atoms with Gasteiger partial charge in [0.25, 0.3) is 0 Å². The lowest BCUT2D eigenvalue weighted by Gasteiger charge is -2.33. The molecule has 0 aliphatic carbocycles. The highest BCUT2D eigenvalue weighted by molar-refractivity contribution is 14.1. The van der Waals surface area contributed by atoms with Crippen molar-refractivity contribution in [3.63, 3.8) is 0 Å². The second-order valence-electron chi connectivity index (χ2n) is 8.79. The van der Waals surface area contributed by atoms with Gasteiger partial charge in [-0.3, -0.25) is 13.9 Å². The van der Waals surface area contributed by atoms with E-state index in [-0.39, 0.29) is 12.5 Å². The van der Waals surface area contributed by atoms with Crippen molar-refractivity contribution < 1.29 is 18.0 Å². The summed E-state index contributed by atoms with van der Waals surface area (Å²) in [7, 11) is -3.77. The van der Waals surface area contributed by atoms with Crippen molar-refractivity contribution in [3.05, 3.63) is 99.1 Å². The summed E-state index contributed by atoms with van der Waals surface area (Å²) in [4.78, 5) is 28.8. The lowest BCUT2D eigenvalue weighted by Crippen LogP contribution is -2.53. The van der Waals surface area contributed by atoms with Gasteiger partial charge in [0.2, 0.25) is 21.8 Å². The number of sulfonamides is 1. The number of hydrogen-bond acceptors (Lipinski definition) is 4. The number of halogens is 1. The molecular formula is C28H32IN3O4S.